The lowest BCUT2D eigenvalue weighted by molar-refractivity contribution is -0.187. The molecule has 6 aromatic carbocycles. The van der Waals surface area contributed by atoms with E-state index < -0.39 is 52.3 Å². The minimum absolute atomic E-state index is 0.0336. The highest BCUT2D eigenvalue weighted by atomic mass is 19.3. The van der Waals surface area contributed by atoms with Crippen molar-refractivity contribution in [3.05, 3.63) is 160 Å². The van der Waals surface area contributed by atoms with Crippen LogP contribution in [0.5, 0.6) is 5.75 Å². The Morgan fingerprint density at radius 3 is 1.96 bits per heavy atom. The second-order valence-electron chi connectivity index (χ2n) is 12.1. The van der Waals surface area contributed by atoms with E-state index in [1.165, 1.54) is 18.6 Å². The molecule has 0 aliphatic carbocycles. The average Bonchev–Trinajstić information content (AvgIpc) is 3.09. The van der Waals surface area contributed by atoms with Gasteiger partial charge in [-0.3, -0.25) is 0 Å². The monoisotopic (exact) mass is 700 g/mol. The fourth-order valence-electron chi connectivity index (χ4n) is 5.71. The van der Waals surface area contributed by atoms with Crippen LogP contribution in [0.1, 0.15) is 47.6 Å². The van der Waals surface area contributed by atoms with Gasteiger partial charge in [0.25, 0.3) is 0 Å². The minimum atomic E-state index is -4.21. The number of rotatable bonds is 8. The summed E-state index contributed by atoms with van der Waals surface area (Å²) in [6, 6.07) is 20.9. The smallest absolute Gasteiger partial charge is 0.429 e. The third kappa shape index (κ3) is 7.60. The number of hydrogen-bond acceptors (Lipinski definition) is 1. The summed E-state index contributed by atoms with van der Waals surface area (Å²) in [5.74, 6) is -2.89. The van der Waals surface area contributed by atoms with Crippen LogP contribution in [0.15, 0.2) is 97.1 Å². The summed E-state index contributed by atoms with van der Waals surface area (Å²) in [6.45, 7) is 3.64. The Hall–Kier alpha value is -5.62. The first-order chi connectivity index (χ1) is 24.3. The Labute approximate surface area is 289 Å². The standard InChI is InChI=1S/C42H28F8O/c1-3-4-5-25-7-10-29-18-26(8-11-28(29)17-25)6-9-27-19-38(45)35(16-24(27)2)42(49,50)51-32-13-15-33(37(44)23-32)30-12-14-34(36(43)20-30)31-21-39(46)41(48)40(47)22-31/h7-8,10-23H,3-5H2,1-2H3. The molecule has 0 saturated heterocycles. The van der Waals surface area contributed by atoms with E-state index >= 15 is 17.6 Å². The molecule has 6 rings (SSSR count). The number of aryl methyl sites for hydroxylation is 2. The van der Waals surface area contributed by atoms with Crippen molar-refractivity contribution in [1.29, 1.82) is 0 Å². The van der Waals surface area contributed by atoms with Crippen molar-refractivity contribution in [2.75, 3.05) is 0 Å². The van der Waals surface area contributed by atoms with Crippen molar-refractivity contribution in [1.82, 2.24) is 0 Å². The van der Waals surface area contributed by atoms with E-state index in [1.54, 1.807) is 0 Å². The summed E-state index contributed by atoms with van der Waals surface area (Å²) in [4.78, 5) is 0. The number of ether oxygens (including phenoxy) is 1. The molecule has 258 valence electrons. The molecule has 0 fully saturated rings. The predicted molar refractivity (Wildman–Crippen MR) is 181 cm³/mol. The number of halogens is 8. The molecule has 0 bridgehead atoms. The number of unbranched alkanes of at least 4 members (excludes halogenated alkanes) is 1. The van der Waals surface area contributed by atoms with E-state index in [1.807, 2.05) is 24.3 Å². The molecule has 0 aliphatic rings. The van der Waals surface area contributed by atoms with Crippen molar-refractivity contribution in [3.8, 4) is 39.8 Å². The van der Waals surface area contributed by atoms with Gasteiger partial charge in [0.2, 0.25) is 0 Å². The summed E-state index contributed by atoms with van der Waals surface area (Å²) in [6.07, 6.45) is -1.00. The molecule has 0 unspecified atom stereocenters. The Kier molecular flexibility index (Phi) is 9.88. The second kappa shape index (κ2) is 14.3. The second-order valence-corrected chi connectivity index (χ2v) is 12.1. The molecule has 0 radical (unpaired) electrons. The van der Waals surface area contributed by atoms with Crippen molar-refractivity contribution in [2.45, 2.75) is 39.2 Å². The fraction of sp³-hybridized carbons (Fsp3) is 0.143. The Balaban J connectivity index is 1.19. The van der Waals surface area contributed by atoms with Gasteiger partial charge in [0.05, 0.1) is 0 Å². The molecule has 0 heterocycles. The molecular weight excluding hydrogens is 672 g/mol. The molecule has 0 aliphatic heterocycles. The predicted octanol–water partition coefficient (Wildman–Crippen LogP) is 12.2. The first kappa shape index (κ1) is 35.2. The van der Waals surface area contributed by atoms with Gasteiger partial charge in [0.15, 0.2) is 17.5 Å². The summed E-state index contributed by atoms with van der Waals surface area (Å²) in [7, 11) is 0. The Morgan fingerprint density at radius 1 is 0.608 bits per heavy atom. The molecular formula is C42H28F8O. The van der Waals surface area contributed by atoms with Crippen molar-refractivity contribution >= 4 is 10.8 Å². The molecule has 51 heavy (non-hydrogen) atoms. The molecule has 0 aromatic heterocycles. The quantitative estimate of drug-likeness (QED) is 0.0873. The maximum absolute atomic E-state index is 15.3. The van der Waals surface area contributed by atoms with Gasteiger partial charge in [-0.2, -0.15) is 8.78 Å². The van der Waals surface area contributed by atoms with Gasteiger partial charge < -0.3 is 4.74 Å². The number of fused-ring (bicyclic) bond motifs is 1. The van der Waals surface area contributed by atoms with Gasteiger partial charge in [-0.25, -0.2) is 26.3 Å². The van der Waals surface area contributed by atoms with Crippen molar-refractivity contribution in [3.63, 3.8) is 0 Å². The highest BCUT2D eigenvalue weighted by Crippen LogP contribution is 2.37. The van der Waals surface area contributed by atoms with E-state index in [0.29, 0.717) is 23.8 Å². The number of alkyl halides is 2. The van der Waals surface area contributed by atoms with Crippen LogP contribution in [0.2, 0.25) is 0 Å². The number of benzene rings is 6. The molecule has 0 spiro atoms. The third-order valence-corrected chi connectivity index (χ3v) is 8.45. The highest BCUT2D eigenvalue weighted by molar-refractivity contribution is 5.84. The Bertz CT molecular complexity index is 2330. The van der Waals surface area contributed by atoms with Crippen LogP contribution in [0.25, 0.3) is 33.0 Å². The molecule has 6 aromatic rings. The first-order valence-corrected chi connectivity index (χ1v) is 16.0. The lowest BCUT2D eigenvalue weighted by Crippen LogP contribution is -2.24. The maximum atomic E-state index is 15.3. The largest absolute Gasteiger partial charge is 0.429 e. The lowest BCUT2D eigenvalue weighted by Gasteiger charge is -2.20. The zero-order valence-electron chi connectivity index (χ0n) is 27.3. The van der Waals surface area contributed by atoms with Gasteiger partial charge in [-0.05, 0) is 107 Å². The van der Waals surface area contributed by atoms with E-state index in [-0.39, 0.29) is 33.4 Å². The molecule has 0 atom stereocenters. The van der Waals surface area contributed by atoms with Crippen molar-refractivity contribution in [2.24, 2.45) is 0 Å². The van der Waals surface area contributed by atoms with Crippen LogP contribution in [0.4, 0.5) is 35.1 Å². The van der Waals surface area contributed by atoms with E-state index in [0.717, 1.165) is 66.4 Å². The van der Waals surface area contributed by atoms with Crippen LogP contribution in [-0.2, 0) is 12.5 Å². The van der Waals surface area contributed by atoms with Crippen LogP contribution in [0, 0.1) is 53.7 Å². The zero-order valence-corrected chi connectivity index (χ0v) is 27.3. The van der Waals surface area contributed by atoms with Gasteiger partial charge in [0, 0.05) is 28.3 Å². The van der Waals surface area contributed by atoms with Crippen LogP contribution < -0.4 is 4.74 Å². The van der Waals surface area contributed by atoms with E-state index in [9.17, 15) is 17.6 Å². The molecule has 0 amide bonds. The summed E-state index contributed by atoms with van der Waals surface area (Å²) < 4.78 is 121. The van der Waals surface area contributed by atoms with Crippen molar-refractivity contribution < 1.29 is 39.9 Å². The van der Waals surface area contributed by atoms with Crippen LogP contribution >= 0.6 is 0 Å². The normalized spacial score (nSPS) is 11.4. The average molecular weight is 701 g/mol. The van der Waals surface area contributed by atoms with E-state index in [2.05, 4.69) is 30.9 Å². The third-order valence-electron chi connectivity index (χ3n) is 8.45. The van der Waals surface area contributed by atoms with Crippen LogP contribution in [-0.4, -0.2) is 0 Å². The molecule has 9 heteroatoms. The van der Waals surface area contributed by atoms with Crippen LogP contribution in [0.3, 0.4) is 0 Å². The summed E-state index contributed by atoms with van der Waals surface area (Å²) in [5.41, 5.74) is 0.499. The summed E-state index contributed by atoms with van der Waals surface area (Å²) >= 11 is 0. The zero-order chi connectivity index (χ0) is 36.4. The highest BCUT2D eigenvalue weighted by Gasteiger charge is 2.38. The fourth-order valence-corrected chi connectivity index (χ4v) is 5.71. The van der Waals surface area contributed by atoms with E-state index in [4.69, 9.17) is 4.74 Å². The SMILES string of the molecule is CCCCc1ccc2cc(C#Cc3cc(F)c(C(F)(F)Oc4ccc(-c5ccc(-c6cc(F)c(F)c(F)c6)c(F)c5)c(F)c4)cc3C)ccc2c1. The minimum Gasteiger partial charge on any atom is -0.429 e. The molecule has 0 saturated carbocycles. The topological polar surface area (TPSA) is 9.23 Å². The molecule has 1 nitrogen and oxygen atoms in total. The molecule has 0 N–H and O–H groups in total. The summed E-state index contributed by atoms with van der Waals surface area (Å²) in [5, 5.41) is 2.06. The van der Waals surface area contributed by atoms with Gasteiger partial charge >= 0.3 is 6.11 Å². The lowest BCUT2D eigenvalue weighted by atomic mass is 9.99. The Morgan fingerprint density at radius 2 is 1.25 bits per heavy atom. The number of hydrogen-bond donors (Lipinski definition) is 0. The first-order valence-electron chi connectivity index (χ1n) is 16.0. The van der Waals surface area contributed by atoms with Gasteiger partial charge in [-0.15, -0.1) is 0 Å². The van der Waals surface area contributed by atoms with Gasteiger partial charge in [-0.1, -0.05) is 61.6 Å². The maximum Gasteiger partial charge on any atom is 0.429 e. The van der Waals surface area contributed by atoms with Gasteiger partial charge in [0.1, 0.15) is 28.8 Å².